The van der Waals surface area contributed by atoms with Crippen LogP contribution in [-0.4, -0.2) is 57.8 Å². The van der Waals surface area contributed by atoms with Gasteiger partial charge in [-0.1, -0.05) is 36.4 Å². The van der Waals surface area contributed by atoms with Gasteiger partial charge in [-0.05, 0) is 143 Å². The highest BCUT2D eigenvalue weighted by Crippen LogP contribution is 2.40. The highest BCUT2D eigenvalue weighted by molar-refractivity contribution is 7.93. The fourth-order valence-corrected chi connectivity index (χ4v) is 7.13. The average Bonchev–Trinajstić information content (AvgIpc) is 3.04. The van der Waals surface area contributed by atoms with Crippen molar-refractivity contribution in [3.8, 4) is 16.9 Å². The number of amides is 1. The fraction of sp³-hybridized carbons (Fsp3) is 0.472. The van der Waals surface area contributed by atoms with Gasteiger partial charge in [-0.25, -0.2) is 8.42 Å². The predicted octanol–water partition coefficient (Wildman–Crippen LogP) is 6.78. The molecule has 0 radical (unpaired) electrons. The zero-order valence-electron chi connectivity index (χ0n) is 26.4. The lowest BCUT2D eigenvalue weighted by molar-refractivity contribution is 0.0952. The van der Waals surface area contributed by atoms with Crippen molar-refractivity contribution in [2.24, 2.45) is 0 Å². The number of carbonyl (C=O) groups is 1. The van der Waals surface area contributed by atoms with Crippen LogP contribution in [0.15, 0.2) is 60.7 Å². The van der Waals surface area contributed by atoms with E-state index < -0.39 is 15.3 Å². The summed E-state index contributed by atoms with van der Waals surface area (Å²) in [5.74, 6) is 1.67. The number of methoxy groups -OCH3 is 1. The number of hydrogen-bond donors (Lipinski definition) is 2. The van der Waals surface area contributed by atoms with Crippen molar-refractivity contribution < 1.29 is 17.9 Å². The largest absolute Gasteiger partial charge is 0.496 e. The van der Waals surface area contributed by atoms with Crippen LogP contribution < -0.4 is 14.8 Å². The highest BCUT2D eigenvalue weighted by Gasteiger charge is 2.26. The summed E-state index contributed by atoms with van der Waals surface area (Å²) in [6.07, 6.45) is 9.24. The van der Waals surface area contributed by atoms with Gasteiger partial charge >= 0.3 is 0 Å². The normalized spacial score (nSPS) is 16.0. The van der Waals surface area contributed by atoms with Crippen LogP contribution in [0.1, 0.15) is 85.3 Å². The summed E-state index contributed by atoms with van der Waals surface area (Å²) in [7, 11) is -1.54. The molecule has 236 valence electrons. The fourth-order valence-electron chi connectivity index (χ4n) is 6.43. The van der Waals surface area contributed by atoms with E-state index in [9.17, 15) is 13.2 Å². The molecule has 0 aromatic heterocycles. The maximum absolute atomic E-state index is 12.7. The molecule has 3 aromatic carbocycles. The van der Waals surface area contributed by atoms with Crippen LogP contribution in [0.2, 0.25) is 0 Å². The van der Waals surface area contributed by atoms with E-state index in [1.165, 1.54) is 48.8 Å². The first-order valence-corrected chi connectivity index (χ1v) is 17.7. The van der Waals surface area contributed by atoms with Crippen molar-refractivity contribution in [3.05, 3.63) is 82.9 Å². The number of piperidine rings is 1. The Morgan fingerprint density at radius 3 is 2.23 bits per heavy atom. The third-order valence-electron chi connectivity index (χ3n) is 9.18. The number of nitrogens with one attached hydrogen (secondary N) is 2. The standard InChI is InChI=1S/C36H47N3O4S/c1-26(2)44(41,42)38-32-17-14-28(15-18-32)27-10-12-31(13-11-27)36(40)37-22-6-7-23-39-24-20-30(21-25-39)34-19-16-29-8-4-5-9-33(29)35(34)43-3/h10-19,26,30,38H,4-9,20-25H2,1-3H3,(H,37,40). The molecule has 0 unspecified atom stereocenters. The zero-order chi connectivity index (χ0) is 31.1. The first-order valence-electron chi connectivity index (χ1n) is 16.2. The Bertz CT molecular complexity index is 1510. The minimum Gasteiger partial charge on any atom is -0.496 e. The molecule has 8 heteroatoms. The van der Waals surface area contributed by atoms with Gasteiger partial charge in [0.2, 0.25) is 10.0 Å². The molecule has 0 spiro atoms. The minimum atomic E-state index is -3.38. The molecule has 1 heterocycles. The number of carbonyl (C=O) groups excluding carboxylic acids is 1. The Morgan fingerprint density at radius 1 is 0.909 bits per heavy atom. The van der Waals surface area contributed by atoms with Crippen molar-refractivity contribution in [1.82, 2.24) is 10.2 Å². The van der Waals surface area contributed by atoms with Crippen molar-refractivity contribution in [3.63, 3.8) is 0 Å². The second-order valence-corrected chi connectivity index (χ2v) is 14.7. The second kappa shape index (κ2) is 14.6. The van der Waals surface area contributed by atoms with Crippen LogP contribution in [0, 0.1) is 0 Å². The van der Waals surface area contributed by atoms with Gasteiger partial charge in [0.25, 0.3) is 5.91 Å². The number of ether oxygens (including phenoxy) is 1. The molecule has 7 nitrogen and oxygen atoms in total. The molecule has 3 aromatic rings. The Morgan fingerprint density at radius 2 is 1.57 bits per heavy atom. The summed E-state index contributed by atoms with van der Waals surface area (Å²) in [5, 5.41) is 2.56. The maximum atomic E-state index is 12.7. The maximum Gasteiger partial charge on any atom is 0.251 e. The van der Waals surface area contributed by atoms with Gasteiger partial charge in [-0.15, -0.1) is 0 Å². The lowest BCUT2D eigenvalue weighted by Crippen LogP contribution is -2.34. The number of hydrogen-bond acceptors (Lipinski definition) is 5. The number of nitrogens with zero attached hydrogens (tertiary/aromatic N) is 1. The summed E-state index contributed by atoms with van der Waals surface area (Å²) >= 11 is 0. The molecule has 0 saturated carbocycles. The Hall–Kier alpha value is -3.36. The molecule has 1 aliphatic carbocycles. The predicted molar refractivity (Wildman–Crippen MR) is 179 cm³/mol. The quantitative estimate of drug-likeness (QED) is 0.219. The van der Waals surface area contributed by atoms with E-state index in [2.05, 4.69) is 27.1 Å². The van der Waals surface area contributed by atoms with Crippen molar-refractivity contribution in [1.29, 1.82) is 0 Å². The summed E-state index contributed by atoms with van der Waals surface area (Å²) < 4.78 is 32.7. The van der Waals surface area contributed by atoms with Gasteiger partial charge in [0.05, 0.1) is 12.4 Å². The van der Waals surface area contributed by atoms with Crippen LogP contribution >= 0.6 is 0 Å². The van der Waals surface area contributed by atoms with Crippen LogP contribution in [-0.2, 0) is 22.9 Å². The summed E-state index contributed by atoms with van der Waals surface area (Å²) in [4.78, 5) is 15.3. The average molecular weight is 618 g/mol. The van der Waals surface area contributed by atoms with Gasteiger partial charge in [0, 0.05) is 17.8 Å². The third kappa shape index (κ3) is 7.83. The van der Waals surface area contributed by atoms with E-state index in [0.717, 1.165) is 55.8 Å². The number of likely N-dealkylation sites (tertiary alicyclic amines) is 1. The Labute approximate surface area is 263 Å². The van der Waals surface area contributed by atoms with E-state index in [4.69, 9.17) is 4.74 Å². The second-order valence-electron chi connectivity index (χ2n) is 12.5. The SMILES string of the molecule is COc1c(C2CCN(CCCCNC(=O)c3ccc(-c4ccc(NS(=O)(=O)C(C)C)cc4)cc3)CC2)ccc2c1CCCC2. The van der Waals surface area contributed by atoms with E-state index in [0.29, 0.717) is 23.7 Å². The van der Waals surface area contributed by atoms with Gasteiger partial charge in [0.15, 0.2) is 0 Å². The number of rotatable bonds is 12. The van der Waals surface area contributed by atoms with Crippen molar-refractivity contribution in [2.45, 2.75) is 76.4 Å². The highest BCUT2D eigenvalue weighted by atomic mass is 32.2. The third-order valence-corrected chi connectivity index (χ3v) is 10.9. The van der Waals surface area contributed by atoms with Gasteiger partial charge in [-0.2, -0.15) is 0 Å². The van der Waals surface area contributed by atoms with Crippen LogP contribution in [0.25, 0.3) is 11.1 Å². The van der Waals surface area contributed by atoms with Crippen LogP contribution in [0.5, 0.6) is 5.75 Å². The molecule has 5 rings (SSSR count). The number of anilines is 1. The van der Waals surface area contributed by atoms with E-state index >= 15 is 0 Å². The zero-order valence-corrected chi connectivity index (χ0v) is 27.2. The summed E-state index contributed by atoms with van der Waals surface area (Å²) in [6, 6.07) is 19.5. The lowest BCUT2D eigenvalue weighted by atomic mass is 9.83. The number of sulfonamides is 1. The van der Waals surface area contributed by atoms with Crippen LogP contribution in [0.4, 0.5) is 5.69 Å². The number of benzene rings is 3. The minimum absolute atomic E-state index is 0.0604. The first kappa shape index (κ1) is 32.0. The van der Waals surface area contributed by atoms with Gasteiger partial charge < -0.3 is 15.0 Å². The number of aryl methyl sites for hydroxylation is 1. The molecule has 44 heavy (non-hydrogen) atoms. The van der Waals surface area contributed by atoms with Crippen molar-refractivity contribution >= 4 is 21.6 Å². The molecule has 2 N–H and O–H groups in total. The molecule has 1 saturated heterocycles. The Kier molecular flexibility index (Phi) is 10.6. The molecule has 1 amide bonds. The topological polar surface area (TPSA) is 87.7 Å². The molecule has 1 fully saturated rings. The first-order chi connectivity index (χ1) is 21.2. The summed E-state index contributed by atoms with van der Waals surface area (Å²) in [6.45, 7) is 7.24. The Balaban J connectivity index is 1.02. The monoisotopic (exact) mass is 617 g/mol. The van der Waals surface area contributed by atoms with E-state index in [-0.39, 0.29) is 5.91 Å². The molecule has 0 atom stereocenters. The van der Waals surface area contributed by atoms with Gasteiger partial charge in [0.1, 0.15) is 5.75 Å². The van der Waals surface area contributed by atoms with Gasteiger partial charge in [-0.3, -0.25) is 9.52 Å². The number of unbranched alkanes of at least 4 members (excludes halogenated alkanes) is 1. The lowest BCUT2D eigenvalue weighted by Gasteiger charge is -2.33. The number of fused-ring (bicyclic) bond motifs is 1. The van der Waals surface area contributed by atoms with E-state index in [1.54, 1.807) is 26.0 Å². The molecule has 2 aliphatic rings. The molecular weight excluding hydrogens is 570 g/mol. The molecular formula is C36H47N3O4S. The molecule has 0 bridgehead atoms. The summed E-state index contributed by atoms with van der Waals surface area (Å²) in [5.41, 5.74) is 7.44. The molecule has 1 aliphatic heterocycles. The van der Waals surface area contributed by atoms with Crippen LogP contribution in [0.3, 0.4) is 0 Å². The smallest absolute Gasteiger partial charge is 0.251 e. The van der Waals surface area contributed by atoms with Crippen molar-refractivity contribution in [2.75, 3.05) is 38.0 Å². The van der Waals surface area contributed by atoms with E-state index in [1.807, 2.05) is 43.5 Å².